The molecule has 3 aromatic heterocycles. The molecule has 164 valence electrons. The molecule has 0 N–H and O–H groups in total. The highest BCUT2D eigenvalue weighted by molar-refractivity contribution is 5.93. The topological polar surface area (TPSA) is 95.0 Å². The Hall–Kier alpha value is -3.29. The van der Waals surface area contributed by atoms with E-state index in [1.807, 2.05) is 20.8 Å². The van der Waals surface area contributed by atoms with E-state index in [0.29, 0.717) is 37.1 Å². The summed E-state index contributed by atoms with van der Waals surface area (Å²) < 4.78 is 8.34. The molecular formula is C23H28N4O4. The number of esters is 1. The summed E-state index contributed by atoms with van der Waals surface area (Å²) in [5.74, 6) is -1.16. The summed E-state index contributed by atoms with van der Waals surface area (Å²) >= 11 is 0. The Morgan fingerprint density at radius 3 is 2.55 bits per heavy atom. The van der Waals surface area contributed by atoms with Gasteiger partial charge in [-0.15, -0.1) is 0 Å². The van der Waals surface area contributed by atoms with Gasteiger partial charge in [-0.05, 0) is 44.4 Å². The Bertz CT molecular complexity index is 1250. The van der Waals surface area contributed by atoms with Crippen LogP contribution in [-0.2, 0) is 16.1 Å². The number of nitrogens with zero attached hydrogens (tertiary/aromatic N) is 4. The molecule has 0 saturated carbocycles. The molecule has 8 nitrogen and oxygen atoms in total. The molecule has 0 aliphatic heterocycles. The van der Waals surface area contributed by atoms with E-state index < -0.39 is 5.97 Å². The van der Waals surface area contributed by atoms with Gasteiger partial charge < -0.3 is 9.30 Å². The van der Waals surface area contributed by atoms with Gasteiger partial charge >= 0.3 is 5.97 Å². The average molecular weight is 425 g/mol. The highest BCUT2D eigenvalue weighted by Gasteiger charge is 2.21. The van der Waals surface area contributed by atoms with Crippen LogP contribution in [-0.4, -0.2) is 32.4 Å². The Morgan fingerprint density at radius 2 is 1.90 bits per heavy atom. The summed E-state index contributed by atoms with van der Waals surface area (Å²) in [5.41, 5.74) is 0.857. The van der Waals surface area contributed by atoms with Gasteiger partial charge in [-0.25, -0.2) is 9.78 Å². The third-order valence-corrected chi connectivity index (χ3v) is 5.28. The van der Waals surface area contributed by atoms with Gasteiger partial charge in [-0.3, -0.25) is 14.0 Å². The monoisotopic (exact) mass is 424 g/mol. The molecule has 0 bridgehead atoms. The highest BCUT2D eigenvalue weighted by atomic mass is 16.5. The molecule has 3 aromatic rings. The van der Waals surface area contributed by atoms with Crippen molar-refractivity contribution in [1.29, 1.82) is 0 Å². The molecule has 3 rings (SSSR count). The van der Waals surface area contributed by atoms with Gasteiger partial charge in [-0.1, -0.05) is 26.8 Å². The highest BCUT2D eigenvalue weighted by Crippen LogP contribution is 2.13. The lowest BCUT2D eigenvalue weighted by Gasteiger charge is -2.15. The first kappa shape index (κ1) is 22.4. The van der Waals surface area contributed by atoms with Crippen molar-refractivity contribution in [3.8, 4) is 0 Å². The standard InChI is InChI=1S/C23H28N4O4/c1-5-12-27-19-16(22(29)26-13-10-9-11-18(26)24-19)14-17(23(30)31-8-4)20(27)25-21(28)15(6-2)7-3/h9-11,13-15H,5-8,12H2,1-4H3. The fourth-order valence-electron chi connectivity index (χ4n) is 3.63. The third-order valence-electron chi connectivity index (χ3n) is 5.28. The van der Waals surface area contributed by atoms with E-state index in [4.69, 9.17) is 4.74 Å². The minimum Gasteiger partial charge on any atom is -0.462 e. The zero-order valence-electron chi connectivity index (χ0n) is 18.4. The number of aromatic nitrogens is 3. The van der Waals surface area contributed by atoms with Crippen LogP contribution < -0.4 is 11.0 Å². The quantitative estimate of drug-likeness (QED) is 0.429. The average Bonchev–Trinajstić information content (AvgIpc) is 2.76. The number of hydrogen-bond donors (Lipinski definition) is 0. The SMILES string of the molecule is CCCn1c(=NC(=O)C(CC)CC)c(C(=O)OCC)cc2c(=O)n3ccccc3nc21. The molecular weight excluding hydrogens is 396 g/mol. The summed E-state index contributed by atoms with van der Waals surface area (Å²) in [6, 6.07) is 6.73. The van der Waals surface area contributed by atoms with Crippen LogP contribution in [0.1, 0.15) is 57.3 Å². The molecule has 0 aromatic carbocycles. The number of rotatable bonds is 7. The van der Waals surface area contributed by atoms with Crippen LogP contribution in [0, 0.1) is 5.92 Å². The van der Waals surface area contributed by atoms with Crippen molar-refractivity contribution in [2.45, 2.75) is 53.5 Å². The van der Waals surface area contributed by atoms with E-state index in [1.165, 1.54) is 10.5 Å². The summed E-state index contributed by atoms with van der Waals surface area (Å²) in [5, 5.41) is 0.272. The third kappa shape index (κ3) is 4.28. The van der Waals surface area contributed by atoms with E-state index in [-0.39, 0.29) is 40.4 Å². The van der Waals surface area contributed by atoms with Gasteiger partial charge in [0.1, 0.15) is 16.9 Å². The van der Waals surface area contributed by atoms with Gasteiger partial charge in [0, 0.05) is 18.7 Å². The first-order valence-electron chi connectivity index (χ1n) is 10.8. The minimum atomic E-state index is -0.622. The predicted octanol–water partition coefficient (Wildman–Crippen LogP) is 3.10. The lowest BCUT2D eigenvalue weighted by Crippen LogP contribution is -2.33. The fraction of sp³-hybridized carbons (Fsp3) is 0.435. The number of pyridine rings is 2. The zero-order valence-corrected chi connectivity index (χ0v) is 18.4. The predicted molar refractivity (Wildman–Crippen MR) is 118 cm³/mol. The second-order valence-electron chi connectivity index (χ2n) is 7.30. The number of aryl methyl sites for hydroxylation is 1. The molecule has 0 aliphatic rings. The van der Waals surface area contributed by atoms with E-state index in [2.05, 4.69) is 9.98 Å². The Kier molecular flexibility index (Phi) is 6.99. The maximum absolute atomic E-state index is 13.2. The Labute approximate surface area is 180 Å². The largest absolute Gasteiger partial charge is 0.462 e. The van der Waals surface area contributed by atoms with E-state index in [0.717, 1.165) is 0 Å². The first-order valence-corrected chi connectivity index (χ1v) is 10.8. The van der Waals surface area contributed by atoms with Crippen LogP contribution in [0.3, 0.4) is 0 Å². The maximum atomic E-state index is 13.2. The maximum Gasteiger partial charge on any atom is 0.341 e. The van der Waals surface area contributed by atoms with Gasteiger partial charge in [0.25, 0.3) is 11.5 Å². The summed E-state index contributed by atoms with van der Waals surface area (Å²) in [7, 11) is 0. The van der Waals surface area contributed by atoms with Crippen molar-refractivity contribution < 1.29 is 14.3 Å². The van der Waals surface area contributed by atoms with Crippen molar-refractivity contribution >= 4 is 28.6 Å². The molecule has 3 heterocycles. The van der Waals surface area contributed by atoms with Gasteiger partial charge in [0.2, 0.25) is 0 Å². The number of fused-ring (bicyclic) bond motifs is 2. The molecule has 0 radical (unpaired) electrons. The molecule has 0 aliphatic carbocycles. The zero-order chi connectivity index (χ0) is 22.5. The Balaban J connectivity index is 2.48. The van der Waals surface area contributed by atoms with Crippen LogP contribution in [0.25, 0.3) is 16.7 Å². The lowest BCUT2D eigenvalue weighted by molar-refractivity contribution is -0.122. The van der Waals surface area contributed by atoms with Crippen molar-refractivity contribution in [2.24, 2.45) is 10.9 Å². The van der Waals surface area contributed by atoms with Crippen LogP contribution in [0.4, 0.5) is 0 Å². The smallest absolute Gasteiger partial charge is 0.341 e. The number of amides is 1. The number of ether oxygens (including phenoxy) is 1. The normalized spacial score (nSPS) is 12.1. The van der Waals surface area contributed by atoms with Crippen LogP contribution in [0.2, 0.25) is 0 Å². The molecule has 0 saturated heterocycles. The Morgan fingerprint density at radius 1 is 1.16 bits per heavy atom. The van der Waals surface area contributed by atoms with Crippen LogP contribution in [0.15, 0.2) is 40.2 Å². The van der Waals surface area contributed by atoms with Crippen molar-refractivity contribution in [3.05, 3.63) is 51.9 Å². The molecule has 0 unspecified atom stereocenters. The van der Waals surface area contributed by atoms with Crippen molar-refractivity contribution in [1.82, 2.24) is 14.0 Å². The van der Waals surface area contributed by atoms with Gasteiger partial charge in [0.15, 0.2) is 5.49 Å². The lowest BCUT2D eigenvalue weighted by atomic mass is 10.0. The van der Waals surface area contributed by atoms with Gasteiger partial charge in [-0.2, -0.15) is 4.99 Å². The first-order chi connectivity index (χ1) is 15.0. The second-order valence-corrected chi connectivity index (χ2v) is 7.30. The van der Waals surface area contributed by atoms with Crippen molar-refractivity contribution in [2.75, 3.05) is 6.61 Å². The molecule has 0 spiro atoms. The van der Waals surface area contributed by atoms with E-state index >= 15 is 0 Å². The number of hydrogen-bond acceptors (Lipinski definition) is 5. The molecule has 31 heavy (non-hydrogen) atoms. The van der Waals surface area contributed by atoms with E-state index in [1.54, 1.807) is 35.9 Å². The molecule has 1 amide bonds. The van der Waals surface area contributed by atoms with Crippen LogP contribution in [0.5, 0.6) is 0 Å². The molecule has 8 heteroatoms. The second kappa shape index (κ2) is 9.68. The molecule has 0 atom stereocenters. The minimum absolute atomic E-state index is 0.0943. The van der Waals surface area contributed by atoms with Crippen LogP contribution >= 0.6 is 0 Å². The number of carbonyl (C=O) groups excluding carboxylic acids is 2. The number of carbonyl (C=O) groups is 2. The fourth-order valence-corrected chi connectivity index (χ4v) is 3.63. The summed E-state index contributed by atoms with van der Waals surface area (Å²) in [6.45, 7) is 8.14. The van der Waals surface area contributed by atoms with Gasteiger partial charge in [0.05, 0.1) is 12.0 Å². The molecule has 0 fully saturated rings. The van der Waals surface area contributed by atoms with E-state index in [9.17, 15) is 14.4 Å². The summed E-state index contributed by atoms with van der Waals surface area (Å²) in [4.78, 5) is 47.8. The van der Waals surface area contributed by atoms with Crippen molar-refractivity contribution in [3.63, 3.8) is 0 Å². The summed E-state index contributed by atoms with van der Waals surface area (Å²) in [6.07, 6.45) is 3.63.